The van der Waals surface area contributed by atoms with Gasteiger partial charge in [0.2, 0.25) is 0 Å². The van der Waals surface area contributed by atoms with Crippen LogP contribution in [0.1, 0.15) is 58.6 Å². The Labute approximate surface area is 110 Å². The first kappa shape index (κ1) is 16.1. The van der Waals surface area contributed by atoms with Gasteiger partial charge in [0.25, 0.3) is 0 Å². The van der Waals surface area contributed by atoms with E-state index < -0.39 is 0 Å². The van der Waals surface area contributed by atoms with E-state index in [0.717, 1.165) is 0 Å². The van der Waals surface area contributed by atoms with Crippen LogP contribution in [0.25, 0.3) is 10.2 Å². The number of aryl methyl sites for hydroxylation is 1. The largest absolute Gasteiger partial charge is 0.244 e. The first-order valence-electron chi connectivity index (χ1n) is 6.53. The average molecular weight is 251 g/mol. The lowest BCUT2D eigenvalue weighted by Crippen LogP contribution is -1.89. The molecule has 1 aromatic heterocycles. The van der Waals surface area contributed by atoms with Gasteiger partial charge in [0.15, 0.2) is 0 Å². The minimum atomic E-state index is 0.560. The molecule has 17 heavy (non-hydrogen) atoms. The highest BCUT2D eigenvalue weighted by Crippen LogP contribution is 2.29. The molecular formula is C15H25NS. The molecule has 0 atom stereocenters. The van der Waals surface area contributed by atoms with E-state index in [1.807, 2.05) is 33.2 Å². The van der Waals surface area contributed by atoms with Crippen molar-refractivity contribution in [2.75, 3.05) is 0 Å². The standard InChI is InChI=1S/C11H13NS.2C2H6/c1-7(2)9-5-4-8(3)11-10(9)12-6-13-11;2*1-2/h4-7H,1-3H3;2*1-2H3. The Bertz CT molecular complexity index is 429. The van der Waals surface area contributed by atoms with E-state index in [1.54, 1.807) is 11.3 Å². The quantitative estimate of drug-likeness (QED) is 0.626. The second-order valence-electron chi connectivity index (χ2n) is 3.66. The van der Waals surface area contributed by atoms with Crippen molar-refractivity contribution in [1.29, 1.82) is 0 Å². The van der Waals surface area contributed by atoms with Crippen molar-refractivity contribution in [2.24, 2.45) is 0 Å². The second kappa shape index (κ2) is 8.24. The minimum Gasteiger partial charge on any atom is -0.244 e. The van der Waals surface area contributed by atoms with Crippen molar-refractivity contribution in [3.05, 3.63) is 28.8 Å². The molecule has 0 saturated carbocycles. The van der Waals surface area contributed by atoms with E-state index in [-0.39, 0.29) is 0 Å². The zero-order valence-electron chi connectivity index (χ0n) is 12.2. The van der Waals surface area contributed by atoms with Crippen molar-refractivity contribution in [1.82, 2.24) is 4.98 Å². The van der Waals surface area contributed by atoms with E-state index >= 15 is 0 Å². The highest BCUT2D eigenvalue weighted by Gasteiger charge is 2.08. The molecule has 0 aliphatic heterocycles. The molecule has 0 amide bonds. The summed E-state index contributed by atoms with van der Waals surface area (Å²) in [6, 6.07) is 4.39. The highest BCUT2D eigenvalue weighted by molar-refractivity contribution is 7.17. The summed E-state index contributed by atoms with van der Waals surface area (Å²) in [6.45, 7) is 14.6. The van der Waals surface area contributed by atoms with Crippen LogP contribution in [-0.2, 0) is 0 Å². The Hall–Kier alpha value is -0.890. The molecule has 0 N–H and O–H groups in total. The van der Waals surface area contributed by atoms with Crippen LogP contribution >= 0.6 is 11.3 Å². The third-order valence-corrected chi connectivity index (χ3v) is 3.30. The number of hydrogen-bond acceptors (Lipinski definition) is 2. The van der Waals surface area contributed by atoms with Gasteiger partial charge in [-0.2, -0.15) is 0 Å². The summed E-state index contributed by atoms with van der Waals surface area (Å²) >= 11 is 1.73. The molecule has 0 aliphatic carbocycles. The second-order valence-corrected chi connectivity index (χ2v) is 4.51. The van der Waals surface area contributed by atoms with Crippen LogP contribution in [0.15, 0.2) is 17.6 Å². The number of aromatic nitrogens is 1. The molecule has 1 nitrogen and oxygen atoms in total. The van der Waals surface area contributed by atoms with Gasteiger partial charge in [0.05, 0.1) is 15.7 Å². The number of rotatable bonds is 1. The fourth-order valence-corrected chi connectivity index (χ4v) is 2.37. The topological polar surface area (TPSA) is 12.9 Å². The van der Waals surface area contributed by atoms with E-state index in [4.69, 9.17) is 0 Å². The predicted molar refractivity (Wildman–Crippen MR) is 81.1 cm³/mol. The van der Waals surface area contributed by atoms with Crippen molar-refractivity contribution in [3.8, 4) is 0 Å². The molecule has 1 aromatic carbocycles. The van der Waals surface area contributed by atoms with Gasteiger partial charge < -0.3 is 0 Å². The first-order valence-corrected chi connectivity index (χ1v) is 7.41. The maximum Gasteiger partial charge on any atom is 0.0849 e. The molecule has 1 heterocycles. The Morgan fingerprint density at radius 2 is 1.65 bits per heavy atom. The van der Waals surface area contributed by atoms with Crippen molar-refractivity contribution < 1.29 is 0 Å². The number of benzene rings is 1. The van der Waals surface area contributed by atoms with Gasteiger partial charge >= 0.3 is 0 Å². The van der Waals surface area contributed by atoms with E-state index in [2.05, 4.69) is 37.9 Å². The van der Waals surface area contributed by atoms with Crippen LogP contribution in [0, 0.1) is 6.92 Å². The minimum absolute atomic E-state index is 0.560. The number of thiazole rings is 1. The zero-order valence-corrected chi connectivity index (χ0v) is 13.0. The summed E-state index contributed by atoms with van der Waals surface area (Å²) in [5.41, 5.74) is 5.83. The first-order chi connectivity index (χ1) is 8.20. The summed E-state index contributed by atoms with van der Waals surface area (Å²) in [4.78, 5) is 4.42. The number of fused-ring (bicyclic) bond motifs is 1. The lowest BCUT2D eigenvalue weighted by Gasteiger charge is -2.06. The van der Waals surface area contributed by atoms with Gasteiger partial charge in [-0.1, -0.05) is 53.7 Å². The smallest absolute Gasteiger partial charge is 0.0849 e. The van der Waals surface area contributed by atoms with Gasteiger partial charge in [-0.15, -0.1) is 11.3 Å². The molecule has 2 heteroatoms. The zero-order chi connectivity index (χ0) is 13.4. The lowest BCUT2D eigenvalue weighted by molar-refractivity contribution is 0.873. The maximum absolute atomic E-state index is 4.42. The fraction of sp³-hybridized carbons (Fsp3) is 0.533. The summed E-state index contributed by atoms with van der Waals surface area (Å²) in [7, 11) is 0. The molecule has 2 aromatic rings. The van der Waals surface area contributed by atoms with E-state index in [9.17, 15) is 0 Å². The molecule has 0 aliphatic rings. The predicted octanol–water partition coefficient (Wildman–Crippen LogP) is 5.78. The molecule has 0 unspecified atom stereocenters. The third-order valence-electron chi connectivity index (χ3n) is 2.33. The van der Waals surface area contributed by atoms with Crippen LogP contribution < -0.4 is 0 Å². The number of nitrogens with zero attached hydrogens (tertiary/aromatic N) is 1. The van der Waals surface area contributed by atoms with E-state index in [1.165, 1.54) is 21.3 Å². The average Bonchev–Trinajstić information content (AvgIpc) is 2.84. The highest BCUT2D eigenvalue weighted by atomic mass is 32.1. The van der Waals surface area contributed by atoms with Gasteiger partial charge in [-0.05, 0) is 24.0 Å². The monoisotopic (exact) mass is 251 g/mol. The normalized spacial score (nSPS) is 9.41. The Balaban J connectivity index is 0.000000581. The molecule has 2 rings (SSSR count). The molecule has 0 fully saturated rings. The Kier molecular flexibility index (Phi) is 7.81. The summed E-state index contributed by atoms with van der Waals surface area (Å²) in [5.74, 6) is 0.560. The van der Waals surface area contributed by atoms with Crippen molar-refractivity contribution in [3.63, 3.8) is 0 Å². The Morgan fingerprint density at radius 3 is 2.18 bits per heavy atom. The lowest BCUT2D eigenvalue weighted by atomic mass is 10.0. The molecule has 96 valence electrons. The van der Waals surface area contributed by atoms with Crippen molar-refractivity contribution >= 4 is 21.6 Å². The molecule has 0 radical (unpaired) electrons. The van der Waals surface area contributed by atoms with E-state index in [0.29, 0.717) is 5.92 Å². The Morgan fingerprint density at radius 1 is 1.06 bits per heavy atom. The maximum atomic E-state index is 4.42. The van der Waals surface area contributed by atoms with Crippen LogP contribution in [0.5, 0.6) is 0 Å². The molecule has 0 bridgehead atoms. The van der Waals surface area contributed by atoms with Gasteiger partial charge in [-0.25, -0.2) is 4.98 Å². The van der Waals surface area contributed by atoms with Gasteiger partial charge in [0.1, 0.15) is 0 Å². The van der Waals surface area contributed by atoms with Crippen LogP contribution in [-0.4, -0.2) is 4.98 Å². The number of hydrogen-bond donors (Lipinski definition) is 0. The van der Waals surface area contributed by atoms with Crippen LogP contribution in [0.2, 0.25) is 0 Å². The summed E-state index contributed by atoms with van der Waals surface area (Å²) in [5, 5.41) is 0. The SMILES string of the molecule is CC.CC.Cc1ccc(C(C)C)c2ncsc12. The van der Waals surface area contributed by atoms with Crippen LogP contribution in [0.3, 0.4) is 0 Å². The van der Waals surface area contributed by atoms with Crippen molar-refractivity contribution in [2.45, 2.75) is 54.4 Å². The van der Waals surface area contributed by atoms with Gasteiger partial charge in [-0.3, -0.25) is 0 Å². The van der Waals surface area contributed by atoms with Gasteiger partial charge in [0, 0.05) is 0 Å². The third kappa shape index (κ3) is 3.81. The van der Waals surface area contributed by atoms with Crippen LogP contribution in [0.4, 0.5) is 0 Å². The molecular weight excluding hydrogens is 226 g/mol. The molecule has 0 spiro atoms. The molecule has 0 saturated heterocycles. The summed E-state index contributed by atoms with van der Waals surface area (Å²) in [6.07, 6.45) is 0. The fourth-order valence-electron chi connectivity index (χ4n) is 1.57. The summed E-state index contributed by atoms with van der Waals surface area (Å²) < 4.78 is 1.34.